The van der Waals surface area contributed by atoms with E-state index >= 15 is 0 Å². The number of piperidine rings is 1. The van der Waals surface area contributed by atoms with Crippen LogP contribution in [-0.2, 0) is 14.8 Å². The summed E-state index contributed by atoms with van der Waals surface area (Å²) in [6.07, 6.45) is 1.20. The smallest absolute Gasteiger partial charge is 0.243 e. The van der Waals surface area contributed by atoms with Crippen LogP contribution in [0.25, 0.3) is 0 Å². The molecule has 1 amide bonds. The highest BCUT2D eigenvalue weighted by molar-refractivity contribution is 7.89. The van der Waals surface area contributed by atoms with Gasteiger partial charge in [-0.25, -0.2) is 8.42 Å². The molecule has 25 heavy (non-hydrogen) atoms. The second kappa shape index (κ2) is 7.43. The molecule has 0 spiro atoms. The molecule has 138 valence electrons. The third kappa shape index (κ3) is 4.04. The van der Waals surface area contributed by atoms with Crippen molar-refractivity contribution in [1.29, 1.82) is 0 Å². The zero-order valence-corrected chi connectivity index (χ0v) is 15.8. The fourth-order valence-electron chi connectivity index (χ4n) is 3.59. The third-order valence-corrected chi connectivity index (χ3v) is 7.06. The lowest BCUT2D eigenvalue weighted by Gasteiger charge is -2.37. The number of carbonyl (C=O) groups excluding carboxylic acids is 1. The van der Waals surface area contributed by atoms with Crippen molar-refractivity contribution in [2.24, 2.45) is 5.92 Å². The van der Waals surface area contributed by atoms with Gasteiger partial charge in [0.1, 0.15) is 0 Å². The first kappa shape index (κ1) is 18.4. The SMILES string of the molecule is Cc1ccc(S(=O)(=O)N2CCC(C(=O)N3CCNC(C)C3)CC2)cc1. The number of rotatable bonds is 3. The molecule has 0 radical (unpaired) electrons. The van der Waals surface area contributed by atoms with Gasteiger partial charge in [0.05, 0.1) is 4.90 Å². The van der Waals surface area contributed by atoms with Crippen molar-refractivity contribution in [3.8, 4) is 0 Å². The van der Waals surface area contributed by atoms with E-state index in [0.717, 1.165) is 25.2 Å². The Kier molecular flexibility index (Phi) is 5.46. The molecule has 1 aromatic carbocycles. The van der Waals surface area contributed by atoms with Gasteiger partial charge in [0.25, 0.3) is 0 Å². The van der Waals surface area contributed by atoms with Crippen LogP contribution < -0.4 is 5.32 Å². The van der Waals surface area contributed by atoms with E-state index in [1.165, 1.54) is 4.31 Å². The lowest BCUT2D eigenvalue weighted by Crippen LogP contribution is -2.54. The topological polar surface area (TPSA) is 69.7 Å². The van der Waals surface area contributed by atoms with E-state index < -0.39 is 10.0 Å². The summed E-state index contributed by atoms with van der Waals surface area (Å²) in [4.78, 5) is 15.0. The van der Waals surface area contributed by atoms with Crippen LogP contribution in [0.15, 0.2) is 29.2 Å². The minimum absolute atomic E-state index is 0.0604. The molecule has 2 heterocycles. The molecule has 2 saturated heterocycles. The van der Waals surface area contributed by atoms with Gasteiger partial charge in [0, 0.05) is 44.7 Å². The summed E-state index contributed by atoms with van der Waals surface area (Å²) in [6.45, 7) is 7.14. The van der Waals surface area contributed by atoms with Crippen LogP contribution in [0.2, 0.25) is 0 Å². The first-order valence-electron chi connectivity index (χ1n) is 8.97. The van der Waals surface area contributed by atoms with E-state index in [2.05, 4.69) is 12.2 Å². The predicted octanol–water partition coefficient (Wildman–Crippen LogP) is 1.22. The molecule has 1 atom stereocenters. The van der Waals surface area contributed by atoms with Crippen LogP contribution in [0.1, 0.15) is 25.3 Å². The molecule has 3 rings (SSSR count). The zero-order chi connectivity index (χ0) is 18.0. The van der Waals surface area contributed by atoms with Crippen LogP contribution in [0.4, 0.5) is 0 Å². The number of sulfonamides is 1. The molecule has 7 heteroatoms. The molecule has 2 aliphatic heterocycles. The molecule has 0 aliphatic carbocycles. The Hall–Kier alpha value is -1.44. The number of hydrogen-bond acceptors (Lipinski definition) is 4. The Bertz CT molecular complexity index is 710. The van der Waals surface area contributed by atoms with Crippen LogP contribution in [0.3, 0.4) is 0 Å². The van der Waals surface area contributed by atoms with Gasteiger partial charge in [0.15, 0.2) is 0 Å². The largest absolute Gasteiger partial charge is 0.340 e. The van der Waals surface area contributed by atoms with E-state index in [4.69, 9.17) is 0 Å². The minimum atomic E-state index is -3.46. The molecular weight excluding hydrogens is 338 g/mol. The van der Waals surface area contributed by atoms with Gasteiger partial charge in [-0.05, 0) is 38.8 Å². The van der Waals surface area contributed by atoms with Gasteiger partial charge in [-0.15, -0.1) is 0 Å². The molecule has 0 bridgehead atoms. The van der Waals surface area contributed by atoms with Crippen molar-refractivity contribution < 1.29 is 13.2 Å². The summed E-state index contributed by atoms with van der Waals surface area (Å²) in [7, 11) is -3.46. The molecule has 2 fully saturated rings. The number of nitrogens with one attached hydrogen (secondary N) is 1. The van der Waals surface area contributed by atoms with Gasteiger partial charge >= 0.3 is 0 Å². The summed E-state index contributed by atoms with van der Waals surface area (Å²) in [5.74, 6) is 0.121. The van der Waals surface area contributed by atoms with E-state index in [0.29, 0.717) is 36.9 Å². The van der Waals surface area contributed by atoms with Gasteiger partial charge in [-0.1, -0.05) is 17.7 Å². The average Bonchev–Trinajstić information content (AvgIpc) is 2.61. The van der Waals surface area contributed by atoms with Gasteiger partial charge in [0.2, 0.25) is 15.9 Å². The molecule has 1 aromatic rings. The first-order valence-corrected chi connectivity index (χ1v) is 10.4. The molecule has 2 aliphatic rings. The average molecular weight is 365 g/mol. The van der Waals surface area contributed by atoms with E-state index in [-0.39, 0.29) is 11.8 Å². The predicted molar refractivity (Wildman–Crippen MR) is 96.7 cm³/mol. The lowest BCUT2D eigenvalue weighted by molar-refractivity contribution is -0.137. The van der Waals surface area contributed by atoms with Crippen molar-refractivity contribution in [2.75, 3.05) is 32.7 Å². The summed E-state index contributed by atoms with van der Waals surface area (Å²) in [6, 6.07) is 7.26. The van der Waals surface area contributed by atoms with Crippen LogP contribution >= 0.6 is 0 Å². The van der Waals surface area contributed by atoms with Crippen LogP contribution in [-0.4, -0.2) is 62.3 Å². The molecule has 0 saturated carbocycles. The number of benzene rings is 1. The summed E-state index contributed by atoms with van der Waals surface area (Å²) in [5, 5.41) is 3.34. The second-order valence-corrected chi connectivity index (χ2v) is 9.07. The summed E-state index contributed by atoms with van der Waals surface area (Å²) in [5.41, 5.74) is 1.04. The summed E-state index contributed by atoms with van der Waals surface area (Å²) >= 11 is 0. The normalized spacial score (nSPS) is 23.6. The second-order valence-electron chi connectivity index (χ2n) is 7.13. The fraction of sp³-hybridized carbons (Fsp3) is 0.611. The molecule has 1 N–H and O–H groups in total. The number of amides is 1. The van der Waals surface area contributed by atoms with Crippen molar-refractivity contribution in [1.82, 2.24) is 14.5 Å². The number of hydrogen-bond donors (Lipinski definition) is 1. The van der Waals surface area contributed by atoms with E-state index in [1.54, 1.807) is 12.1 Å². The highest BCUT2D eigenvalue weighted by atomic mass is 32.2. The number of piperazine rings is 1. The van der Waals surface area contributed by atoms with Crippen molar-refractivity contribution in [2.45, 2.75) is 37.6 Å². The molecule has 6 nitrogen and oxygen atoms in total. The highest BCUT2D eigenvalue weighted by Crippen LogP contribution is 2.25. The van der Waals surface area contributed by atoms with Gasteiger partial charge < -0.3 is 10.2 Å². The number of nitrogens with zero attached hydrogens (tertiary/aromatic N) is 2. The van der Waals surface area contributed by atoms with Crippen molar-refractivity contribution in [3.05, 3.63) is 29.8 Å². The first-order chi connectivity index (χ1) is 11.9. The Morgan fingerprint density at radius 2 is 1.76 bits per heavy atom. The van der Waals surface area contributed by atoms with E-state index in [9.17, 15) is 13.2 Å². The van der Waals surface area contributed by atoms with Crippen LogP contribution in [0.5, 0.6) is 0 Å². The summed E-state index contributed by atoms with van der Waals surface area (Å²) < 4.78 is 27.0. The number of carbonyl (C=O) groups is 1. The van der Waals surface area contributed by atoms with Crippen molar-refractivity contribution in [3.63, 3.8) is 0 Å². The van der Waals surface area contributed by atoms with Crippen LogP contribution in [0, 0.1) is 12.8 Å². The maximum absolute atomic E-state index is 12.7. The quantitative estimate of drug-likeness (QED) is 0.874. The monoisotopic (exact) mass is 365 g/mol. The lowest BCUT2D eigenvalue weighted by atomic mass is 9.96. The Labute approximate surface area is 150 Å². The molecule has 0 aromatic heterocycles. The Balaban J connectivity index is 1.61. The van der Waals surface area contributed by atoms with Crippen molar-refractivity contribution >= 4 is 15.9 Å². The van der Waals surface area contributed by atoms with E-state index in [1.807, 2.05) is 24.0 Å². The molecular formula is C18H27N3O3S. The Morgan fingerprint density at radius 1 is 1.12 bits per heavy atom. The minimum Gasteiger partial charge on any atom is -0.340 e. The van der Waals surface area contributed by atoms with Gasteiger partial charge in [-0.2, -0.15) is 4.31 Å². The molecule has 1 unspecified atom stereocenters. The third-order valence-electron chi connectivity index (χ3n) is 5.14. The maximum Gasteiger partial charge on any atom is 0.243 e. The standard InChI is InChI=1S/C18H27N3O3S/c1-14-3-5-17(6-4-14)25(23,24)21-10-7-16(8-11-21)18(22)20-12-9-19-15(2)13-20/h3-6,15-16,19H,7-13H2,1-2H3. The number of aryl methyl sites for hydroxylation is 1. The zero-order valence-electron chi connectivity index (χ0n) is 14.9. The maximum atomic E-state index is 12.7. The highest BCUT2D eigenvalue weighted by Gasteiger charge is 2.34. The fourth-order valence-corrected chi connectivity index (χ4v) is 5.06. The van der Waals surface area contributed by atoms with Gasteiger partial charge in [-0.3, -0.25) is 4.79 Å². The Morgan fingerprint density at radius 3 is 2.36 bits per heavy atom.